The van der Waals surface area contributed by atoms with Crippen LogP contribution in [-0.2, 0) is 11.2 Å². The van der Waals surface area contributed by atoms with Crippen LogP contribution in [0, 0.1) is 0 Å². The number of carbonyl (C=O) groups excluding carboxylic acids is 1. The molecule has 0 bridgehead atoms. The van der Waals surface area contributed by atoms with Crippen molar-refractivity contribution in [2.45, 2.75) is 25.9 Å². The average molecular weight is 442 g/mol. The van der Waals surface area contributed by atoms with Crippen LogP contribution in [0.4, 0.5) is 0 Å². The van der Waals surface area contributed by atoms with Crippen LogP contribution < -0.4 is 9.47 Å². The highest BCUT2D eigenvalue weighted by molar-refractivity contribution is 9.10. The Bertz CT molecular complexity index is 1110. The molecule has 144 valence electrons. The Morgan fingerprint density at radius 1 is 1.21 bits per heavy atom. The summed E-state index contributed by atoms with van der Waals surface area (Å²) in [6.07, 6.45) is 0.719. The first kappa shape index (κ1) is 18.7. The zero-order chi connectivity index (χ0) is 20.1. The van der Waals surface area contributed by atoms with E-state index in [1.807, 2.05) is 44.2 Å². The first-order valence-corrected chi connectivity index (χ1v) is 9.70. The van der Waals surface area contributed by atoms with Crippen LogP contribution in [0.5, 0.6) is 11.5 Å². The maximum absolute atomic E-state index is 12.2. The normalized spacial score (nSPS) is 14.5. The number of pyridine rings is 1. The Balaban J connectivity index is 2.11. The SMILES string of the molecule is COC(=O)c1cc2cc(OC)c3c(c2c(-c2cccc(Br)c2)n1)CC(C)(C)O3. The predicted molar refractivity (Wildman–Crippen MR) is 111 cm³/mol. The van der Waals surface area contributed by atoms with Crippen molar-refractivity contribution >= 4 is 32.7 Å². The number of aromatic nitrogens is 1. The van der Waals surface area contributed by atoms with Gasteiger partial charge in [0.15, 0.2) is 11.5 Å². The van der Waals surface area contributed by atoms with E-state index in [-0.39, 0.29) is 11.3 Å². The summed E-state index contributed by atoms with van der Waals surface area (Å²) in [7, 11) is 2.97. The molecule has 0 saturated heterocycles. The van der Waals surface area contributed by atoms with Crippen LogP contribution in [0.2, 0.25) is 0 Å². The number of nitrogens with zero attached hydrogens (tertiary/aromatic N) is 1. The molecule has 0 spiro atoms. The van der Waals surface area contributed by atoms with Gasteiger partial charge in [0, 0.05) is 27.4 Å². The van der Waals surface area contributed by atoms with Crippen molar-refractivity contribution in [1.82, 2.24) is 4.98 Å². The highest BCUT2D eigenvalue weighted by atomic mass is 79.9. The lowest BCUT2D eigenvalue weighted by Gasteiger charge is -2.17. The van der Waals surface area contributed by atoms with Gasteiger partial charge in [0.25, 0.3) is 0 Å². The van der Waals surface area contributed by atoms with Crippen LogP contribution in [-0.4, -0.2) is 30.8 Å². The predicted octanol–water partition coefficient (Wildman–Crippen LogP) is 5.17. The summed E-state index contributed by atoms with van der Waals surface area (Å²) < 4.78 is 17.6. The average Bonchev–Trinajstić information content (AvgIpc) is 3.00. The second-order valence-electron chi connectivity index (χ2n) is 7.38. The quantitative estimate of drug-likeness (QED) is 0.524. The minimum Gasteiger partial charge on any atom is -0.493 e. The van der Waals surface area contributed by atoms with Crippen molar-refractivity contribution in [3.63, 3.8) is 0 Å². The zero-order valence-corrected chi connectivity index (χ0v) is 17.7. The first-order valence-electron chi connectivity index (χ1n) is 8.91. The molecule has 0 fully saturated rings. The third-order valence-corrected chi connectivity index (χ3v) is 5.32. The van der Waals surface area contributed by atoms with Gasteiger partial charge in [-0.2, -0.15) is 0 Å². The molecule has 4 rings (SSSR count). The van der Waals surface area contributed by atoms with Crippen molar-refractivity contribution in [3.05, 3.63) is 52.1 Å². The number of fused-ring (bicyclic) bond motifs is 3. The zero-order valence-electron chi connectivity index (χ0n) is 16.1. The molecule has 1 aliphatic rings. The summed E-state index contributed by atoms with van der Waals surface area (Å²) in [5.74, 6) is 0.910. The Labute approximate surface area is 171 Å². The number of halogens is 1. The van der Waals surface area contributed by atoms with Crippen molar-refractivity contribution in [2.75, 3.05) is 14.2 Å². The molecule has 2 aromatic carbocycles. The lowest BCUT2D eigenvalue weighted by Crippen LogP contribution is -2.24. The second kappa shape index (κ2) is 6.78. The second-order valence-corrected chi connectivity index (χ2v) is 8.30. The fraction of sp³-hybridized carbons (Fsp3) is 0.273. The third-order valence-electron chi connectivity index (χ3n) is 4.83. The molecule has 1 aliphatic heterocycles. The lowest BCUT2D eigenvalue weighted by atomic mass is 9.93. The first-order chi connectivity index (χ1) is 13.3. The molecule has 6 heteroatoms. The van der Waals surface area contributed by atoms with E-state index in [0.717, 1.165) is 44.2 Å². The van der Waals surface area contributed by atoms with Crippen LogP contribution in [0.3, 0.4) is 0 Å². The molecule has 28 heavy (non-hydrogen) atoms. The van der Waals surface area contributed by atoms with E-state index in [4.69, 9.17) is 14.2 Å². The summed E-state index contributed by atoms with van der Waals surface area (Å²) in [5.41, 5.74) is 2.57. The molecule has 0 atom stereocenters. The Hall–Kier alpha value is -2.60. The Morgan fingerprint density at radius 2 is 2.00 bits per heavy atom. The van der Waals surface area contributed by atoms with Gasteiger partial charge < -0.3 is 14.2 Å². The lowest BCUT2D eigenvalue weighted by molar-refractivity contribution is 0.0594. The van der Waals surface area contributed by atoms with Crippen LogP contribution in [0.1, 0.15) is 29.9 Å². The molecular weight excluding hydrogens is 422 g/mol. The molecule has 0 unspecified atom stereocenters. The largest absolute Gasteiger partial charge is 0.493 e. The smallest absolute Gasteiger partial charge is 0.356 e. The maximum Gasteiger partial charge on any atom is 0.356 e. The summed E-state index contributed by atoms with van der Waals surface area (Å²) in [6, 6.07) is 11.5. The molecule has 5 nitrogen and oxygen atoms in total. The van der Waals surface area contributed by atoms with E-state index in [0.29, 0.717) is 5.75 Å². The molecule has 0 saturated carbocycles. The molecule has 1 aromatic heterocycles. The van der Waals surface area contributed by atoms with Gasteiger partial charge in [-0.05, 0) is 43.5 Å². The van der Waals surface area contributed by atoms with Gasteiger partial charge in [0.05, 0.1) is 19.9 Å². The highest BCUT2D eigenvalue weighted by Crippen LogP contribution is 2.48. The topological polar surface area (TPSA) is 57.7 Å². The van der Waals surface area contributed by atoms with Crippen molar-refractivity contribution in [1.29, 1.82) is 0 Å². The molecule has 0 N–H and O–H groups in total. The van der Waals surface area contributed by atoms with Crippen molar-refractivity contribution < 1.29 is 19.0 Å². The van der Waals surface area contributed by atoms with E-state index in [1.54, 1.807) is 13.2 Å². The number of rotatable bonds is 3. The van der Waals surface area contributed by atoms with Gasteiger partial charge in [-0.3, -0.25) is 0 Å². The molecule has 0 amide bonds. The number of esters is 1. The fourth-order valence-electron chi connectivity index (χ4n) is 3.69. The van der Waals surface area contributed by atoms with Gasteiger partial charge in [-0.1, -0.05) is 28.1 Å². The van der Waals surface area contributed by atoms with Gasteiger partial charge in [-0.15, -0.1) is 0 Å². The highest BCUT2D eigenvalue weighted by Gasteiger charge is 2.35. The van der Waals surface area contributed by atoms with E-state index in [2.05, 4.69) is 20.9 Å². The maximum atomic E-state index is 12.2. The Morgan fingerprint density at radius 3 is 2.68 bits per heavy atom. The molecular formula is C22H20BrNO4. The Kier molecular flexibility index (Phi) is 4.54. The standard InChI is InChI=1S/C22H20BrNO4/c1-22(2)11-15-18-13(10-17(26-3)20(15)28-22)9-16(21(25)27-4)24-19(18)12-6-5-7-14(23)8-12/h5-10H,11H2,1-4H3. The number of ether oxygens (including phenoxy) is 3. The van der Waals surface area contributed by atoms with Crippen molar-refractivity contribution in [3.8, 4) is 22.8 Å². The van der Waals surface area contributed by atoms with Crippen molar-refractivity contribution in [2.24, 2.45) is 0 Å². The molecule has 3 aromatic rings. The third kappa shape index (κ3) is 3.11. The fourth-order valence-corrected chi connectivity index (χ4v) is 4.09. The molecule has 2 heterocycles. The number of hydrogen-bond acceptors (Lipinski definition) is 5. The minimum absolute atomic E-state index is 0.255. The summed E-state index contributed by atoms with van der Waals surface area (Å²) in [5, 5.41) is 1.83. The summed E-state index contributed by atoms with van der Waals surface area (Å²) in [6.45, 7) is 4.10. The van der Waals surface area contributed by atoms with Gasteiger partial charge in [-0.25, -0.2) is 9.78 Å². The monoisotopic (exact) mass is 441 g/mol. The number of hydrogen-bond donors (Lipinski definition) is 0. The van der Waals surface area contributed by atoms with Gasteiger partial charge in [0.1, 0.15) is 11.3 Å². The van der Waals surface area contributed by atoms with Gasteiger partial charge in [0.2, 0.25) is 0 Å². The molecule has 0 aliphatic carbocycles. The summed E-state index contributed by atoms with van der Waals surface area (Å²) >= 11 is 3.52. The van der Waals surface area contributed by atoms with E-state index in [1.165, 1.54) is 7.11 Å². The van der Waals surface area contributed by atoms with E-state index >= 15 is 0 Å². The van der Waals surface area contributed by atoms with Crippen LogP contribution in [0.25, 0.3) is 22.0 Å². The number of benzene rings is 2. The minimum atomic E-state index is -0.478. The van der Waals surface area contributed by atoms with Crippen LogP contribution in [0.15, 0.2) is 40.9 Å². The van der Waals surface area contributed by atoms with E-state index < -0.39 is 5.97 Å². The van der Waals surface area contributed by atoms with Crippen LogP contribution >= 0.6 is 15.9 Å². The molecule has 0 radical (unpaired) electrons. The summed E-state index contributed by atoms with van der Waals surface area (Å²) in [4.78, 5) is 16.9. The van der Waals surface area contributed by atoms with Gasteiger partial charge >= 0.3 is 5.97 Å². The number of methoxy groups -OCH3 is 2. The number of carbonyl (C=O) groups is 1. The van der Waals surface area contributed by atoms with E-state index in [9.17, 15) is 4.79 Å².